The topological polar surface area (TPSA) is 23.5 Å². The van der Waals surface area contributed by atoms with Gasteiger partial charge in [-0.25, -0.2) is 0 Å². The Morgan fingerprint density at radius 2 is 2.17 bits per heavy atom. The summed E-state index contributed by atoms with van der Waals surface area (Å²) >= 11 is 6.22. The lowest BCUT2D eigenvalue weighted by Crippen LogP contribution is -2.54. The van der Waals surface area contributed by atoms with Gasteiger partial charge in [0.05, 0.1) is 0 Å². The van der Waals surface area contributed by atoms with E-state index in [1.165, 1.54) is 5.69 Å². The van der Waals surface area contributed by atoms with Crippen LogP contribution in [0, 0.1) is 12.8 Å². The van der Waals surface area contributed by atoms with Crippen LogP contribution in [0.2, 0.25) is 5.02 Å². The maximum atomic E-state index is 9.56. The molecule has 1 fully saturated rings. The standard InChI is InChI=1S/C15H22ClNO/c1-11-13(16)7-4-8-14(11)17-9-5-6-12(10-18)15(17,2)3/h4,7-8,12,18H,5-6,9-10H2,1-3H3. The molecule has 3 heteroatoms. The van der Waals surface area contributed by atoms with Gasteiger partial charge in [0.25, 0.3) is 0 Å². The fourth-order valence-corrected chi connectivity index (χ4v) is 3.16. The lowest BCUT2D eigenvalue weighted by atomic mass is 9.79. The Kier molecular flexibility index (Phi) is 3.88. The van der Waals surface area contributed by atoms with Crippen LogP contribution in [-0.4, -0.2) is 23.8 Å². The molecule has 2 nitrogen and oxygen atoms in total. The fourth-order valence-electron chi connectivity index (χ4n) is 2.99. The first-order chi connectivity index (χ1) is 8.48. The Morgan fingerprint density at radius 1 is 1.44 bits per heavy atom. The number of piperidine rings is 1. The molecule has 100 valence electrons. The Morgan fingerprint density at radius 3 is 2.83 bits per heavy atom. The molecule has 0 bridgehead atoms. The number of hydrogen-bond acceptors (Lipinski definition) is 2. The molecule has 1 aromatic rings. The van der Waals surface area contributed by atoms with Gasteiger partial charge < -0.3 is 10.0 Å². The quantitative estimate of drug-likeness (QED) is 0.884. The summed E-state index contributed by atoms with van der Waals surface area (Å²) < 4.78 is 0. The van der Waals surface area contributed by atoms with E-state index in [1.54, 1.807) is 0 Å². The molecule has 1 heterocycles. The Hall–Kier alpha value is -0.730. The van der Waals surface area contributed by atoms with Crippen molar-refractivity contribution in [2.45, 2.75) is 39.2 Å². The van der Waals surface area contributed by atoms with Gasteiger partial charge in [-0.1, -0.05) is 17.7 Å². The molecule has 1 saturated heterocycles. The molecule has 1 unspecified atom stereocenters. The van der Waals surface area contributed by atoms with Gasteiger partial charge in [0.2, 0.25) is 0 Å². The first kappa shape index (κ1) is 13.7. The van der Waals surface area contributed by atoms with Crippen LogP contribution in [0.5, 0.6) is 0 Å². The molecule has 2 rings (SSSR count). The molecular weight excluding hydrogens is 246 g/mol. The van der Waals surface area contributed by atoms with E-state index in [2.05, 4.69) is 31.7 Å². The summed E-state index contributed by atoms with van der Waals surface area (Å²) in [6.45, 7) is 7.78. The van der Waals surface area contributed by atoms with Crippen LogP contribution in [0.1, 0.15) is 32.3 Å². The highest BCUT2D eigenvalue weighted by atomic mass is 35.5. The van der Waals surface area contributed by atoms with Gasteiger partial charge in [-0.05, 0) is 51.3 Å². The average Bonchev–Trinajstić information content (AvgIpc) is 2.33. The van der Waals surface area contributed by atoms with Crippen molar-refractivity contribution in [2.75, 3.05) is 18.1 Å². The van der Waals surface area contributed by atoms with Crippen molar-refractivity contribution < 1.29 is 5.11 Å². The monoisotopic (exact) mass is 267 g/mol. The Bertz CT molecular complexity index is 431. The third-order valence-corrected chi connectivity index (χ3v) is 4.79. The van der Waals surface area contributed by atoms with E-state index in [4.69, 9.17) is 11.6 Å². The van der Waals surface area contributed by atoms with Gasteiger partial charge >= 0.3 is 0 Å². The third-order valence-electron chi connectivity index (χ3n) is 4.38. The minimum absolute atomic E-state index is 0.0254. The summed E-state index contributed by atoms with van der Waals surface area (Å²) in [6, 6.07) is 6.06. The van der Waals surface area contributed by atoms with Crippen molar-refractivity contribution in [3.63, 3.8) is 0 Å². The second-order valence-corrected chi connectivity index (χ2v) is 6.12. The van der Waals surface area contributed by atoms with E-state index in [-0.39, 0.29) is 12.1 Å². The molecule has 1 atom stereocenters. The zero-order valence-electron chi connectivity index (χ0n) is 11.4. The van der Waals surface area contributed by atoms with E-state index in [0.717, 1.165) is 30.0 Å². The van der Waals surface area contributed by atoms with E-state index in [0.29, 0.717) is 5.92 Å². The van der Waals surface area contributed by atoms with Crippen LogP contribution in [0.3, 0.4) is 0 Å². The van der Waals surface area contributed by atoms with Gasteiger partial charge in [0.15, 0.2) is 0 Å². The Labute approximate surface area is 115 Å². The molecule has 0 spiro atoms. The molecule has 1 aromatic carbocycles. The van der Waals surface area contributed by atoms with E-state index < -0.39 is 0 Å². The summed E-state index contributed by atoms with van der Waals surface area (Å²) in [7, 11) is 0. The largest absolute Gasteiger partial charge is 0.396 e. The first-order valence-corrected chi connectivity index (χ1v) is 7.00. The highest BCUT2D eigenvalue weighted by Crippen LogP contribution is 2.39. The molecule has 0 saturated carbocycles. The van der Waals surface area contributed by atoms with E-state index in [1.807, 2.05) is 12.1 Å². The molecule has 1 aliphatic heterocycles. The minimum atomic E-state index is -0.0254. The third kappa shape index (κ3) is 2.24. The highest BCUT2D eigenvalue weighted by Gasteiger charge is 2.38. The second-order valence-electron chi connectivity index (χ2n) is 5.71. The number of nitrogens with zero attached hydrogens (tertiary/aromatic N) is 1. The maximum Gasteiger partial charge on any atom is 0.0481 e. The normalized spacial score (nSPS) is 23.2. The predicted octanol–water partition coefficient (Wildman–Crippen LogP) is 3.64. The molecule has 0 aliphatic carbocycles. The molecule has 1 N–H and O–H groups in total. The maximum absolute atomic E-state index is 9.56. The molecule has 0 radical (unpaired) electrons. The average molecular weight is 268 g/mol. The second kappa shape index (κ2) is 5.10. The van der Waals surface area contributed by atoms with Crippen molar-refractivity contribution >= 4 is 17.3 Å². The molecule has 0 aromatic heterocycles. The summed E-state index contributed by atoms with van der Waals surface area (Å²) in [6.07, 6.45) is 2.22. The number of aliphatic hydroxyl groups is 1. The van der Waals surface area contributed by atoms with Crippen LogP contribution in [-0.2, 0) is 0 Å². The zero-order chi connectivity index (χ0) is 13.3. The van der Waals surface area contributed by atoms with E-state index in [9.17, 15) is 5.11 Å². The van der Waals surface area contributed by atoms with Gasteiger partial charge in [-0.2, -0.15) is 0 Å². The molecule has 0 amide bonds. The number of hydrogen-bond donors (Lipinski definition) is 1. The van der Waals surface area contributed by atoms with Crippen molar-refractivity contribution in [2.24, 2.45) is 5.92 Å². The fraction of sp³-hybridized carbons (Fsp3) is 0.600. The summed E-state index contributed by atoms with van der Waals surface area (Å²) in [5.74, 6) is 0.324. The van der Waals surface area contributed by atoms with Crippen molar-refractivity contribution in [3.05, 3.63) is 28.8 Å². The molecule has 18 heavy (non-hydrogen) atoms. The lowest BCUT2D eigenvalue weighted by Gasteiger charge is -2.49. The SMILES string of the molecule is Cc1c(Cl)cccc1N1CCCC(CO)C1(C)C. The Balaban J connectivity index is 2.40. The van der Waals surface area contributed by atoms with Crippen LogP contribution < -0.4 is 4.90 Å². The lowest BCUT2D eigenvalue weighted by molar-refractivity contribution is 0.135. The molecular formula is C15H22ClNO. The number of benzene rings is 1. The first-order valence-electron chi connectivity index (χ1n) is 6.62. The van der Waals surface area contributed by atoms with Crippen molar-refractivity contribution in [3.8, 4) is 0 Å². The zero-order valence-corrected chi connectivity index (χ0v) is 12.2. The van der Waals surface area contributed by atoms with Crippen molar-refractivity contribution in [1.29, 1.82) is 0 Å². The van der Waals surface area contributed by atoms with Crippen molar-refractivity contribution in [1.82, 2.24) is 0 Å². The number of anilines is 1. The smallest absolute Gasteiger partial charge is 0.0481 e. The summed E-state index contributed by atoms with van der Waals surface area (Å²) in [5.41, 5.74) is 2.30. The number of halogens is 1. The number of rotatable bonds is 2. The van der Waals surface area contributed by atoms with Crippen LogP contribution in [0.15, 0.2) is 18.2 Å². The van der Waals surface area contributed by atoms with Crippen LogP contribution in [0.25, 0.3) is 0 Å². The van der Waals surface area contributed by atoms with Crippen LogP contribution >= 0.6 is 11.6 Å². The van der Waals surface area contributed by atoms with E-state index >= 15 is 0 Å². The highest BCUT2D eigenvalue weighted by molar-refractivity contribution is 6.31. The predicted molar refractivity (Wildman–Crippen MR) is 77.4 cm³/mol. The van der Waals surface area contributed by atoms with Gasteiger partial charge in [0.1, 0.15) is 0 Å². The number of aliphatic hydroxyl groups excluding tert-OH is 1. The van der Waals surface area contributed by atoms with Gasteiger partial charge in [-0.15, -0.1) is 0 Å². The molecule has 1 aliphatic rings. The minimum Gasteiger partial charge on any atom is -0.396 e. The van der Waals surface area contributed by atoms with Gasteiger partial charge in [-0.3, -0.25) is 0 Å². The summed E-state index contributed by atoms with van der Waals surface area (Å²) in [4.78, 5) is 2.40. The van der Waals surface area contributed by atoms with Gasteiger partial charge in [0, 0.05) is 35.3 Å². The van der Waals surface area contributed by atoms with Crippen LogP contribution in [0.4, 0.5) is 5.69 Å². The summed E-state index contributed by atoms with van der Waals surface area (Å²) in [5, 5.41) is 10.4.